The highest BCUT2D eigenvalue weighted by atomic mass is 32.2. The van der Waals surface area contributed by atoms with Gasteiger partial charge in [-0.15, -0.1) is 11.3 Å². The number of aromatic nitrogens is 2. The summed E-state index contributed by atoms with van der Waals surface area (Å²) in [6, 6.07) is 9.94. The minimum atomic E-state index is -0.359. The van der Waals surface area contributed by atoms with Gasteiger partial charge >= 0.3 is 0 Å². The molecular formula is C26H31N3O4S2. The topological polar surface area (TPSA) is 73.7 Å². The summed E-state index contributed by atoms with van der Waals surface area (Å²) in [6.07, 6.45) is 0.829. The van der Waals surface area contributed by atoms with Gasteiger partial charge in [0.05, 0.1) is 43.1 Å². The Hall–Kier alpha value is -2.20. The highest BCUT2D eigenvalue weighted by molar-refractivity contribution is 8.00. The van der Waals surface area contributed by atoms with Gasteiger partial charge in [-0.2, -0.15) is 0 Å². The number of hydrogen-bond acceptors (Lipinski definition) is 7. The molecule has 2 aromatic heterocycles. The van der Waals surface area contributed by atoms with Crippen LogP contribution in [0.2, 0.25) is 0 Å². The van der Waals surface area contributed by atoms with Crippen LogP contribution in [0.15, 0.2) is 40.3 Å². The smallest absolute Gasteiger partial charge is 0.263 e. The van der Waals surface area contributed by atoms with E-state index in [2.05, 4.69) is 13.8 Å². The van der Waals surface area contributed by atoms with Gasteiger partial charge in [-0.3, -0.25) is 14.2 Å². The third kappa shape index (κ3) is 5.05. The minimum absolute atomic E-state index is 0.0331. The lowest BCUT2D eigenvalue weighted by atomic mass is 9.96. The Morgan fingerprint density at radius 3 is 2.66 bits per heavy atom. The largest absolute Gasteiger partial charge is 0.378 e. The molecule has 0 radical (unpaired) electrons. The van der Waals surface area contributed by atoms with Crippen molar-refractivity contribution in [2.75, 3.05) is 26.3 Å². The van der Waals surface area contributed by atoms with Crippen LogP contribution >= 0.6 is 23.1 Å². The number of hydrogen-bond donors (Lipinski definition) is 0. The van der Waals surface area contributed by atoms with E-state index >= 15 is 0 Å². The zero-order chi connectivity index (χ0) is 24.5. The molecule has 2 atom stereocenters. The summed E-state index contributed by atoms with van der Waals surface area (Å²) in [5.74, 6) is 0.428. The van der Waals surface area contributed by atoms with Gasteiger partial charge in [-0.25, -0.2) is 4.98 Å². The zero-order valence-electron chi connectivity index (χ0n) is 20.4. The van der Waals surface area contributed by atoms with Crippen LogP contribution in [0.4, 0.5) is 0 Å². The molecule has 4 heterocycles. The van der Waals surface area contributed by atoms with Crippen molar-refractivity contribution in [3.8, 4) is 0 Å². The van der Waals surface area contributed by atoms with Crippen LogP contribution in [-0.2, 0) is 33.8 Å². The Balaban J connectivity index is 1.55. The van der Waals surface area contributed by atoms with E-state index in [4.69, 9.17) is 14.5 Å². The lowest BCUT2D eigenvalue weighted by Crippen LogP contribution is -2.44. The van der Waals surface area contributed by atoms with Gasteiger partial charge in [0.15, 0.2) is 5.16 Å². The average molecular weight is 514 g/mol. The number of thioether (sulfide) groups is 1. The normalized spacial score (nSPS) is 19.2. The molecule has 186 valence electrons. The van der Waals surface area contributed by atoms with E-state index < -0.39 is 0 Å². The van der Waals surface area contributed by atoms with Gasteiger partial charge in [0.2, 0.25) is 5.91 Å². The highest BCUT2D eigenvalue weighted by Gasteiger charge is 2.30. The van der Waals surface area contributed by atoms with E-state index in [1.165, 1.54) is 11.8 Å². The number of amides is 1. The van der Waals surface area contributed by atoms with Crippen molar-refractivity contribution in [1.29, 1.82) is 0 Å². The molecule has 0 bridgehead atoms. The molecule has 0 unspecified atom stereocenters. The summed E-state index contributed by atoms with van der Waals surface area (Å²) in [5, 5.41) is 0.939. The predicted molar refractivity (Wildman–Crippen MR) is 139 cm³/mol. The van der Waals surface area contributed by atoms with Crippen molar-refractivity contribution in [3.05, 3.63) is 56.7 Å². The average Bonchev–Trinajstić information content (AvgIpc) is 3.24. The first-order chi connectivity index (χ1) is 16.9. The van der Waals surface area contributed by atoms with Crippen LogP contribution in [-0.4, -0.2) is 58.0 Å². The molecule has 2 aliphatic rings. The molecule has 0 saturated carbocycles. The number of fused-ring (bicyclic) bond motifs is 3. The maximum Gasteiger partial charge on any atom is 0.263 e. The standard InChI is InChI=1S/C26H31N3O4S2/c1-16(2)20-13-19-21(15-33-20)35-23-22(19)25(31)29(14-18-7-5-4-6-8-18)26(27-23)34-17(3)24(30)28-9-11-32-12-10-28/h4-8,16-17,20H,9-15H2,1-3H3/t17-,20+/m1/s1. The number of morpholine rings is 1. The fourth-order valence-electron chi connectivity index (χ4n) is 4.61. The van der Waals surface area contributed by atoms with Gasteiger partial charge in [0, 0.05) is 24.4 Å². The predicted octanol–water partition coefficient (Wildman–Crippen LogP) is 3.94. The maximum atomic E-state index is 14.0. The number of nitrogens with zero attached hydrogens (tertiary/aromatic N) is 3. The van der Waals surface area contributed by atoms with E-state index in [1.807, 2.05) is 42.2 Å². The van der Waals surface area contributed by atoms with Crippen LogP contribution < -0.4 is 5.56 Å². The number of ether oxygens (including phenoxy) is 2. The summed E-state index contributed by atoms with van der Waals surface area (Å²) in [5.41, 5.74) is 2.08. The van der Waals surface area contributed by atoms with E-state index in [-0.39, 0.29) is 22.8 Å². The molecule has 5 rings (SSSR count). The fourth-order valence-corrected chi connectivity index (χ4v) is 6.77. The molecule has 1 fully saturated rings. The van der Waals surface area contributed by atoms with Crippen LogP contribution in [0.25, 0.3) is 10.2 Å². The second-order valence-corrected chi connectivity index (χ2v) is 11.8. The van der Waals surface area contributed by atoms with Gasteiger partial charge < -0.3 is 14.4 Å². The van der Waals surface area contributed by atoms with Crippen LogP contribution in [0.5, 0.6) is 0 Å². The highest BCUT2D eigenvalue weighted by Crippen LogP contribution is 2.36. The molecule has 0 N–H and O–H groups in total. The Morgan fingerprint density at radius 2 is 1.94 bits per heavy atom. The molecule has 0 spiro atoms. The molecule has 9 heteroatoms. The first kappa shape index (κ1) is 24.5. The molecule has 2 aliphatic heterocycles. The second kappa shape index (κ2) is 10.4. The maximum absolute atomic E-state index is 14.0. The summed E-state index contributed by atoms with van der Waals surface area (Å²) in [4.78, 5) is 35.7. The van der Waals surface area contributed by atoms with Crippen LogP contribution in [0.1, 0.15) is 36.8 Å². The van der Waals surface area contributed by atoms with E-state index in [0.717, 1.165) is 27.3 Å². The van der Waals surface area contributed by atoms with E-state index in [9.17, 15) is 9.59 Å². The van der Waals surface area contributed by atoms with Gasteiger partial charge in [0.1, 0.15) is 4.83 Å². The Morgan fingerprint density at radius 1 is 1.20 bits per heavy atom. The molecule has 1 amide bonds. The quantitative estimate of drug-likeness (QED) is 0.367. The van der Waals surface area contributed by atoms with Crippen molar-refractivity contribution in [1.82, 2.24) is 14.5 Å². The molecular weight excluding hydrogens is 482 g/mol. The summed E-state index contributed by atoms with van der Waals surface area (Å²) < 4.78 is 13.2. The monoisotopic (exact) mass is 513 g/mol. The first-order valence-corrected chi connectivity index (χ1v) is 13.9. The molecule has 1 aromatic carbocycles. The lowest BCUT2D eigenvalue weighted by Gasteiger charge is -2.29. The van der Waals surface area contributed by atoms with Gasteiger partial charge in [-0.1, -0.05) is 55.9 Å². The molecule has 0 aliphatic carbocycles. The SMILES string of the molecule is CC(C)[C@@H]1Cc2c(sc3nc(S[C@H](C)C(=O)N4CCOCC4)n(Cc4ccccc4)c(=O)c23)CO1. The lowest BCUT2D eigenvalue weighted by molar-refractivity contribution is -0.134. The van der Waals surface area contributed by atoms with Crippen molar-refractivity contribution in [2.45, 2.75) is 56.9 Å². The van der Waals surface area contributed by atoms with Gasteiger partial charge in [0.25, 0.3) is 5.56 Å². The van der Waals surface area contributed by atoms with Gasteiger partial charge in [-0.05, 0) is 24.0 Å². The zero-order valence-corrected chi connectivity index (χ0v) is 22.0. The minimum Gasteiger partial charge on any atom is -0.378 e. The molecule has 3 aromatic rings. The second-order valence-electron chi connectivity index (χ2n) is 9.45. The number of carbonyl (C=O) groups excluding carboxylic acids is 1. The third-order valence-electron chi connectivity index (χ3n) is 6.67. The van der Waals surface area contributed by atoms with Crippen molar-refractivity contribution < 1.29 is 14.3 Å². The van der Waals surface area contributed by atoms with Crippen molar-refractivity contribution >= 4 is 39.2 Å². The van der Waals surface area contributed by atoms with E-state index in [1.54, 1.807) is 15.9 Å². The summed E-state index contributed by atoms with van der Waals surface area (Å²) in [7, 11) is 0. The Labute approximate surface area is 213 Å². The first-order valence-electron chi connectivity index (χ1n) is 12.2. The van der Waals surface area contributed by atoms with Crippen LogP contribution in [0, 0.1) is 5.92 Å². The van der Waals surface area contributed by atoms with E-state index in [0.29, 0.717) is 55.9 Å². The van der Waals surface area contributed by atoms with Crippen molar-refractivity contribution in [2.24, 2.45) is 5.92 Å². The number of benzene rings is 1. The van der Waals surface area contributed by atoms with Crippen LogP contribution in [0.3, 0.4) is 0 Å². The number of thiophene rings is 1. The Kier molecular flexibility index (Phi) is 7.29. The summed E-state index contributed by atoms with van der Waals surface area (Å²) in [6.45, 7) is 9.45. The summed E-state index contributed by atoms with van der Waals surface area (Å²) >= 11 is 2.91. The Bertz CT molecular complexity index is 1270. The van der Waals surface area contributed by atoms with Crippen molar-refractivity contribution in [3.63, 3.8) is 0 Å². The number of rotatable bonds is 6. The fraction of sp³-hybridized carbons (Fsp3) is 0.500. The number of carbonyl (C=O) groups is 1. The molecule has 35 heavy (non-hydrogen) atoms. The molecule has 7 nitrogen and oxygen atoms in total. The third-order valence-corrected chi connectivity index (χ3v) is 8.85. The molecule has 1 saturated heterocycles.